The van der Waals surface area contributed by atoms with Gasteiger partial charge in [0.1, 0.15) is 0 Å². The molecule has 2 rings (SSSR count). The van der Waals surface area contributed by atoms with Crippen LogP contribution < -0.4 is 0 Å². The highest BCUT2D eigenvalue weighted by Crippen LogP contribution is 2.30. The van der Waals surface area contributed by atoms with E-state index in [1.807, 2.05) is 12.1 Å². The fourth-order valence-corrected chi connectivity index (χ4v) is 2.78. The van der Waals surface area contributed by atoms with Crippen molar-refractivity contribution in [2.24, 2.45) is 0 Å². The summed E-state index contributed by atoms with van der Waals surface area (Å²) in [6.45, 7) is 1.63. The molecule has 0 N–H and O–H groups in total. The van der Waals surface area contributed by atoms with E-state index in [9.17, 15) is 4.79 Å². The lowest BCUT2D eigenvalue weighted by Gasteiger charge is -2.20. The van der Waals surface area contributed by atoms with Crippen LogP contribution in [-0.2, 0) is 0 Å². The molecular formula is C16H22O. The van der Waals surface area contributed by atoms with Crippen molar-refractivity contribution in [3.63, 3.8) is 0 Å². The fourth-order valence-electron chi connectivity index (χ4n) is 2.78. The molecule has 1 saturated carbocycles. The number of benzene rings is 1. The Morgan fingerprint density at radius 1 is 0.941 bits per heavy atom. The molecule has 0 aliphatic heterocycles. The maximum absolute atomic E-state index is 11.2. The van der Waals surface area contributed by atoms with E-state index in [0.29, 0.717) is 0 Å². The van der Waals surface area contributed by atoms with E-state index >= 15 is 0 Å². The van der Waals surface area contributed by atoms with Crippen molar-refractivity contribution in [1.82, 2.24) is 0 Å². The summed E-state index contributed by atoms with van der Waals surface area (Å²) in [4.78, 5) is 11.2. The Morgan fingerprint density at radius 2 is 1.47 bits per heavy atom. The molecule has 1 heteroatoms. The van der Waals surface area contributed by atoms with Crippen LogP contribution in [0.3, 0.4) is 0 Å². The third kappa shape index (κ3) is 3.42. The van der Waals surface area contributed by atoms with E-state index in [1.165, 1.54) is 50.5 Å². The minimum Gasteiger partial charge on any atom is -0.295 e. The SMILES string of the molecule is CC(=O)c1ccc(C2CCCCCCC2)cc1. The van der Waals surface area contributed by atoms with Gasteiger partial charge in [-0.1, -0.05) is 56.4 Å². The van der Waals surface area contributed by atoms with Gasteiger partial charge in [-0.2, -0.15) is 0 Å². The molecule has 0 atom stereocenters. The summed E-state index contributed by atoms with van der Waals surface area (Å²) in [6.07, 6.45) is 9.55. The molecular weight excluding hydrogens is 208 g/mol. The van der Waals surface area contributed by atoms with Gasteiger partial charge < -0.3 is 0 Å². The number of carbonyl (C=O) groups is 1. The molecule has 0 amide bonds. The van der Waals surface area contributed by atoms with Crippen LogP contribution in [0.2, 0.25) is 0 Å². The first-order chi connectivity index (χ1) is 8.27. The van der Waals surface area contributed by atoms with E-state index in [0.717, 1.165) is 11.5 Å². The summed E-state index contributed by atoms with van der Waals surface area (Å²) in [5.74, 6) is 0.880. The van der Waals surface area contributed by atoms with Crippen molar-refractivity contribution in [1.29, 1.82) is 0 Å². The molecule has 1 fully saturated rings. The molecule has 1 aromatic carbocycles. The molecule has 17 heavy (non-hydrogen) atoms. The van der Waals surface area contributed by atoms with E-state index in [2.05, 4.69) is 12.1 Å². The van der Waals surface area contributed by atoms with Gasteiger partial charge >= 0.3 is 0 Å². The van der Waals surface area contributed by atoms with Crippen LogP contribution in [-0.4, -0.2) is 5.78 Å². The highest BCUT2D eigenvalue weighted by molar-refractivity contribution is 5.94. The summed E-state index contributed by atoms with van der Waals surface area (Å²) < 4.78 is 0. The smallest absolute Gasteiger partial charge is 0.159 e. The zero-order chi connectivity index (χ0) is 12.1. The van der Waals surface area contributed by atoms with Gasteiger partial charge in [0, 0.05) is 5.56 Å². The number of hydrogen-bond acceptors (Lipinski definition) is 1. The quantitative estimate of drug-likeness (QED) is 0.672. The van der Waals surface area contributed by atoms with E-state index in [1.54, 1.807) is 6.92 Å². The normalized spacial score (nSPS) is 18.4. The van der Waals surface area contributed by atoms with Crippen LogP contribution in [0.1, 0.15) is 73.7 Å². The highest BCUT2D eigenvalue weighted by Gasteiger charge is 2.13. The first kappa shape index (κ1) is 12.3. The van der Waals surface area contributed by atoms with Gasteiger partial charge in [-0.25, -0.2) is 0 Å². The number of Topliss-reactive ketones (excluding diaryl/α,β-unsaturated/α-hetero) is 1. The van der Waals surface area contributed by atoms with E-state index in [4.69, 9.17) is 0 Å². The topological polar surface area (TPSA) is 17.1 Å². The lowest BCUT2D eigenvalue weighted by Crippen LogP contribution is -2.03. The van der Waals surface area contributed by atoms with Gasteiger partial charge in [0.2, 0.25) is 0 Å². The van der Waals surface area contributed by atoms with Crippen LogP contribution in [0.15, 0.2) is 24.3 Å². The third-order valence-corrected chi connectivity index (χ3v) is 3.89. The minimum atomic E-state index is 0.161. The monoisotopic (exact) mass is 230 g/mol. The molecule has 1 aliphatic carbocycles. The summed E-state index contributed by atoms with van der Waals surface area (Å²) in [5, 5.41) is 0. The summed E-state index contributed by atoms with van der Waals surface area (Å²) in [5.41, 5.74) is 2.26. The molecule has 0 bridgehead atoms. The maximum atomic E-state index is 11.2. The average molecular weight is 230 g/mol. The highest BCUT2D eigenvalue weighted by atomic mass is 16.1. The predicted molar refractivity (Wildman–Crippen MR) is 71.5 cm³/mol. The lowest BCUT2D eigenvalue weighted by atomic mass is 9.85. The summed E-state index contributed by atoms with van der Waals surface area (Å²) in [6, 6.07) is 8.28. The second kappa shape index (κ2) is 6.00. The maximum Gasteiger partial charge on any atom is 0.159 e. The number of carbonyl (C=O) groups excluding carboxylic acids is 1. The Hall–Kier alpha value is -1.11. The molecule has 0 radical (unpaired) electrons. The molecule has 1 nitrogen and oxygen atoms in total. The molecule has 1 aliphatic rings. The summed E-state index contributed by atoms with van der Waals surface area (Å²) >= 11 is 0. The number of rotatable bonds is 2. The standard InChI is InChI=1S/C16H22O/c1-13(17)14-9-11-16(12-10-14)15-7-5-3-2-4-6-8-15/h9-12,15H,2-8H2,1H3. The van der Waals surface area contributed by atoms with Crippen LogP contribution in [0.5, 0.6) is 0 Å². The van der Waals surface area contributed by atoms with E-state index in [-0.39, 0.29) is 5.78 Å². The van der Waals surface area contributed by atoms with Crippen LogP contribution >= 0.6 is 0 Å². The predicted octanol–water partition coefficient (Wildman–Crippen LogP) is 4.72. The van der Waals surface area contributed by atoms with Crippen molar-refractivity contribution >= 4 is 5.78 Å². The Kier molecular flexibility index (Phi) is 4.36. The zero-order valence-electron chi connectivity index (χ0n) is 10.7. The van der Waals surface area contributed by atoms with Crippen molar-refractivity contribution in [2.75, 3.05) is 0 Å². The van der Waals surface area contributed by atoms with Gasteiger partial charge in [-0.15, -0.1) is 0 Å². The average Bonchev–Trinajstić information content (AvgIpc) is 2.29. The van der Waals surface area contributed by atoms with Crippen molar-refractivity contribution < 1.29 is 4.79 Å². The Morgan fingerprint density at radius 3 is 2.00 bits per heavy atom. The molecule has 0 aromatic heterocycles. The zero-order valence-corrected chi connectivity index (χ0v) is 10.7. The Labute approximate surface area is 104 Å². The fraction of sp³-hybridized carbons (Fsp3) is 0.562. The van der Waals surface area contributed by atoms with Crippen LogP contribution in [0.25, 0.3) is 0 Å². The second-order valence-corrected chi connectivity index (χ2v) is 5.22. The van der Waals surface area contributed by atoms with Gasteiger partial charge in [0.15, 0.2) is 5.78 Å². The van der Waals surface area contributed by atoms with Crippen molar-refractivity contribution in [3.05, 3.63) is 35.4 Å². The molecule has 0 saturated heterocycles. The third-order valence-electron chi connectivity index (χ3n) is 3.89. The Bertz CT molecular complexity index is 356. The second-order valence-electron chi connectivity index (χ2n) is 5.22. The first-order valence-electron chi connectivity index (χ1n) is 6.88. The lowest BCUT2D eigenvalue weighted by molar-refractivity contribution is 0.101. The van der Waals surface area contributed by atoms with Crippen molar-refractivity contribution in [3.8, 4) is 0 Å². The van der Waals surface area contributed by atoms with Crippen molar-refractivity contribution in [2.45, 2.75) is 57.8 Å². The number of hydrogen-bond donors (Lipinski definition) is 0. The van der Waals surface area contributed by atoms with Gasteiger partial charge in [0.05, 0.1) is 0 Å². The number of ketones is 1. The molecule has 0 heterocycles. The molecule has 1 aromatic rings. The van der Waals surface area contributed by atoms with Gasteiger partial charge in [-0.05, 0) is 31.2 Å². The largest absolute Gasteiger partial charge is 0.295 e. The Balaban J connectivity index is 2.06. The van der Waals surface area contributed by atoms with Crippen LogP contribution in [0.4, 0.5) is 0 Å². The van der Waals surface area contributed by atoms with Gasteiger partial charge in [-0.3, -0.25) is 4.79 Å². The first-order valence-corrected chi connectivity index (χ1v) is 6.88. The van der Waals surface area contributed by atoms with E-state index < -0.39 is 0 Å². The van der Waals surface area contributed by atoms with Crippen LogP contribution in [0, 0.1) is 0 Å². The molecule has 0 unspecified atom stereocenters. The van der Waals surface area contributed by atoms with Gasteiger partial charge in [0.25, 0.3) is 0 Å². The minimum absolute atomic E-state index is 0.161. The molecule has 0 spiro atoms. The molecule has 92 valence electrons. The summed E-state index contributed by atoms with van der Waals surface area (Å²) in [7, 11) is 0.